The maximum absolute atomic E-state index is 12.2. The Kier molecular flexibility index (Phi) is 6.56. The van der Waals surface area contributed by atoms with Crippen molar-refractivity contribution in [3.63, 3.8) is 0 Å². The Labute approximate surface area is 124 Å². The van der Waals surface area contributed by atoms with Crippen LogP contribution in [0.3, 0.4) is 0 Å². The molecule has 108 valence electrons. The molecule has 0 amide bonds. The Morgan fingerprint density at radius 1 is 1.16 bits per heavy atom. The van der Waals surface area contributed by atoms with Gasteiger partial charge in [0.2, 0.25) is 10.0 Å². The third-order valence-corrected chi connectivity index (χ3v) is 4.77. The third kappa shape index (κ3) is 5.28. The quantitative estimate of drug-likeness (QED) is 0.838. The highest BCUT2D eigenvalue weighted by atomic mass is 35.5. The zero-order chi connectivity index (χ0) is 14.5. The molecule has 0 aliphatic rings. The van der Waals surface area contributed by atoms with E-state index in [0.29, 0.717) is 28.6 Å². The van der Waals surface area contributed by atoms with Crippen molar-refractivity contribution in [1.82, 2.24) is 4.31 Å². The Bertz CT molecular complexity index is 493. The van der Waals surface area contributed by atoms with E-state index in [2.05, 4.69) is 0 Å². The highest BCUT2D eigenvalue weighted by molar-refractivity contribution is 7.88. The molecule has 0 aliphatic carbocycles. The summed E-state index contributed by atoms with van der Waals surface area (Å²) in [5.74, 6) is -0.173. The molecule has 0 heterocycles. The molecule has 7 heteroatoms. The highest BCUT2D eigenvalue weighted by Gasteiger charge is 2.21. The molecule has 1 aromatic rings. The van der Waals surface area contributed by atoms with Gasteiger partial charge in [0.15, 0.2) is 0 Å². The molecule has 0 fully saturated rings. The second-order valence-electron chi connectivity index (χ2n) is 4.16. The normalized spacial score (nSPS) is 12.1. The molecule has 0 saturated heterocycles. The second-order valence-corrected chi connectivity index (χ2v) is 7.00. The molecule has 1 rings (SSSR count). The van der Waals surface area contributed by atoms with E-state index >= 15 is 0 Å². The second kappa shape index (κ2) is 7.45. The van der Waals surface area contributed by atoms with Crippen LogP contribution in [0.2, 0.25) is 10.0 Å². The number of aliphatic hydroxyl groups is 1. The minimum Gasteiger partial charge on any atom is -0.395 e. The van der Waals surface area contributed by atoms with Crippen LogP contribution in [0.25, 0.3) is 0 Å². The molecular weight excluding hydrogens is 309 g/mol. The molecular formula is C12H17Cl2NO3S. The van der Waals surface area contributed by atoms with Crippen molar-refractivity contribution in [2.75, 3.05) is 19.7 Å². The summed E-state index contributed by atoms with van der Waals surface area (Å²) in [4.78, 5) is 0. The summed E-state index contributed by atoms with van der Waals surface area (Å²) in [6.07, 6.45) is 0.690. The van der Waals surface area contributed by atoms with Crippen molar-refractivity contribution < 1.29 is 13.5 Å². The Balaban J connectivity index is 2.93. The molecule has 19 heavy (non-hydrogen) atoms. The number of sulfonamides is 1. The van der Waals surface area contributed by atoms with E-state index in [4.69, 9.17) is 28.3 Å². The Morgan fingerprint density at radius 3 is 2.21 bits per heavy atom. The first-order chi connectivity index (χ1) is 8.89. The van der Waals surface area contributed by atoms with Gasteiger partial charge in [-0.25, -0.2) is 8.42 Å². The lowest BCUT2D eigenvalue weighted by atomic mass is 10.2. The van der Waals surface area contributed by atoms with Gasteiger partial charge < -0.3 is 5.11 Å². The molecule has 0 aromatic heterocycles. The van der Waals surface area contributed by atoms with Crippen molar-refractivity contribution in [2.24, 2.45) is 0 Å². The van der Waals surface area contributed by atoms with Crippen molar-refractivity contribution >= 4 is 33.2 Å². The van der Waals surface area contributed by atoms with Crippen LogP contribution in [0.5, 0.6) is 0 Å². The van der Waals surface area contributed by atoms with E-state index in [0.717, 1.165) is 0 Å². The smallest absolute Gasteiger partial charge is 0.218 e. The average molecular weight is 326 g/mol. The maximum atomic E-state index is 12.2. The fourth-order valence-electron chi connectivity index (χ4n) is 1.75. The largest absolute Gasteiger partial charge is 0.395 e. The first-order valence-corrected chi connectivity index (χ1v) is 8.29. The van der Waals surface area contributed by atoms with Crippen LogP contribution >= 0.6 is 23.2 Å². The van der Waals surface area contributed by atoms with Crippen LogP contribution in [0, 0.1) is 0 Å². The molecule has 0 unspecified atom stereocenters. The van der Waals surface area contributed by atoms with Gasteiger partial charge in [-0.2, -0.15) is 4.31 Å². The minimum absolute atomic E-state index is 0.102. The first-order valence-electron chi connectivity index (χ1n) is 5.92. The van der Waals surface area contributed by atoms with E-state index in [1.807, 2.05) is 6.92 Å². The molecule has 0 spiro atoms. The van der Waals surface area contributed by atoms with E-state index in [-0.39, 0.29) is 18.9 Å². The monoisotopic (exact) mass is 325 g/mol. The maximum Gasteiger partial charge on any atom is 0.218 e. The summed E-state index contributed by atoms with van der Waals surface area (Å²) < 4.78 is 25.7. The molecule has 1 N–H and O–H groups in total. The number of benzene rings is 1. The van der Waals surface area contributed by atoms with Crippen LogP contribution in [0.1, 0.15) is 18.9 Å². The van der Waals surface area contributed by atoms with Crippen LogP contribution in [0.4, 0.5) is 0 Å². The van der Waals surface area contributed by atoms with Gasteiger partial charge in [-0.05, 0) is 30.2 Å². The van der Waals surface area contributed by atoms with Crippen LogP contribution in [-0.2, 0) is 15.8 Å². The van der Waals surface area contributed by atoms with Crippen LogP contribution in [0.15, 0.2) is 18.2 Å². The predicted molar refractivity (Wildman–Crippen MR) is 78.0 cm³/mol. The van der Waals surface area contributed by atoms with Gasteiger partial charge in [-0.1, -0.05) is 30.1 Å². The molecule has 0 aliphatic heterocycles. The lowest BCUT2D eigenvalue weighted by molar-refractivity contribution is 0.253. The summed E-state index contributed by atoms with van der Waals surface area (Å²) in [7, 11) is -3.48. The average Bonchev–Trinajstić information content (AvgIpc) is 2.26. The van der Waals surface area contributed by atoms with Crippen LogP contribution in [-0.4, -0.2) is 37.5 Å². The van der Waals surface area contributed by atoms with Gasteiger partial charge >= 0.3 is 0 Å². The number of aliphatic hydroxyl groups excluding tert-OH is 1. The van der Waals surface area contributed by atoms with Crippen molar-refractivity contribution in [1.29, 1.82) is 0 Å². The van der Waals surface area contributed by atoms with Gasteiger partial charge in [-0.15, -0.1) is 0 Å². The fourth-order valence-corrected chi connectivity index (χ4v) is 3.91. The minimum atomic E-state index is -3.48. The van der Waals surface area contributed by atoms with Gasteiger partial charge in [-0.3, -0.25) is 0 Å². The number of rotatable bonds is 7. The predicted octanol–water partition coefficient (Wildman–Crippen LogP) is 2.53. The zero-order valence-corrected chi connectivity index (χ0v) is 13.0. The number of halogens is 2. The molecule has 1 aromatic carbocycles. The lowest BCUT2D eigenvalue weighted by Gasteiger charge is -2.20. The summed E-state index contributed by atoms with van der Waals surface area (Å²) in [6, 6.07) is 4.71. The van der Waals surface area contributed by atoms with Gasteiger partial charge in [0.05, 0.1) is 12.4 Å². The molecule has 0 atom stereocenters. The third-order valence-electron chi connectivity index (χ3n) is 2.49. The highest BCUT2D eigenvalue weighted by Crippen LogP contribution is 2.21. The molecule has 0 saturated carbocycles. The summed E-state index contributed by atoms with van der Waals surface area (Å²) in [5.41, 5.74) is 0.538. The summed E-state index contributed by atoms with van der Waals surface area (Å²) in [5, 5.41) is 9.74. The molecule has 4 nitrogen and oxygen atoms in total. The van der Waals surface area contributed by atoms with E-state index in [9.17, 15) is 8.42 Å². The van der Waals surface area contributed by atoms with Gasteiger partial charge in [0.25, 0.3) is 0 Å². The molecule has 0 radical (unpaired) electrons. The fraction of sp³-hybridized carbons (Fsp3) is 0.500. The number of hydrogen-bond donors (Lipinski definition) is 1. The van der Waals surface area contributed by atoms with Gasteiger partial charge in [0, 0.05) is 23.1 Å². The van der Waals surface area contributed by atoms with Crippen molar-refractivity contribution in [3.05, 3.63) is 33.8 Å². The zero-order valence-electron chi connectivity index (χ0n) is 10.6. The molecule has 0 bridgehead atoms. The van der Waals surface area contributed by atoms with E-state index in [1.54, 1.807) is 18.2 Å². The summed E-state index contributed by atoms with van der Waals surface area (Å²) >= 11 is 11.7. The van der Waals surface area contributed by atoms with E-state index in [1.165, 1.54) is 4.31 Å². The topological polar surface area (TPSA) is 57.6 Å². The number of nitrogens with zero attached hydrogens (tertiary/aromatic N) is 1. The Hall–Kier alpha value is -0.330. The SMILES string of the molecule is CCCN(CCO)S(=O)(=O)Cc1cc(Cl)cc(Cl)c1. The van der Waals surface area contributed by atoms with E-state index < -0.39 is 10.0 Å². The van der Waals surface area contributed by atoms with Crippen LogP contribution < -0.4 is 0 Å². The number of hydrogen-bond acceptors (Lipinski definition) is 3. The van der Waals surface area contributed by atoms with Crippen molar-refractivity contribution in [2.45, 2.75) is 19.1 Å². The van der Waals surface area contributed by atoms with Crippen molar-refractivity contribution in [3.8, 4) is 0 Å². The lowest BCUT2D eigenvalue weighted by Crippen LogP contribution is -2.35. The first kappa shape index (κ1) is 16.7. The van der Waals surface area contributed by atoms with Gasteiger partial charge in [0.1, 0.15) is 0 Å². The standard InChI is InChI=1S/C12H17Cl2NO3S/c1-2-3-15(4-5-16)19(17,18)9-10-6-11(13)8-12(14)7-10/h6-8,16H,2-5,9H2,1H3. The summed E-state index contributed by atoms with van der Waals surface area (Å²) in [6.45, 7) is 2.17. The Morgan fingerprint density at radius 2 is 1.74 bits per heavy atom.